The van der Waals surface area contributed by atoms with Gasteiger partial charge in [0.2, 0.25) is 11.9 Å². The van der Waals surface area contributed by atoms with Gasteiger partial charge in [0.15, 0.2) is 5.82 Å². The number of rotatable bonds is 10. The predicted molar refractivity (Wildman–Crippen MR) is 170 cm³/mol. The molecule has 1 amide bonds. The van der Waals surface area contributed by atoms with Gasteiger partial charge in [0.05, 0.1) is 18.3 Å². The van der Waals surface area contributed by atoms with E-state index in [0.717, 1.165) is 23.5 Å². The van der Waals surface area contributed by atoms with E-state index in [0.29, 0.717) is 34.7 Å². The summed E-state index contributed by atoms with van der Waals surface area (Å²) in [5, 5.41) is 8.12. The van der Waals surface area contributed by atoms with Crippen LogP contribution in [0.5, 0.6) is 0 Å². The van der Waals surface area contributed by atoms with Crippen LogP contribution in [-0.4, -0.2) is 50.8 Å². The smallest absolute Gasteiger partial charge is 0.229 e. The van der Waals surface area contributed by atoms with Crippen molar-refractivity contribution in [2.24, 2.45) is 0 Å². The van der Waals surface area contributed by atoms with Gasteiger partial charge in [-0.05, 0) is 73.9 Å². The average molecular weight is 592 g/mol. The molecule has 0 bridgehead atoms. The van der Waals surface area contributed by atoms with Gasteiger partial charge in [-0.25, -0.2) is 19.3 Å². The summed E-state index contributed by atoms with van der Waals surface area (Å²) in [6, 6.07) is 24.9. The molecule has 0 aliphatic carbocycles. The fourth-order valence-electron chi connectivity index (χ4n) is 4.77. The molecule has 0 fully saturated rings. The van der Waals surface area contributed by atoms with Crippen molar-refractivity contribution in [1.82, 2.24) is 24.3 Å². The standard InChI is InChI=1S/C33H30FN7OS/c1-40(2)17-15-22-11-13-24(14-12-22)37-33-35-21-27(34)31(39-33)32-30(38-28-10-3-4-16-41(28)32)23-7-5-8-25(19-23)36-29(42)20-26-9-6-18-43-26/h3-14,16,18-19,21H,15,17,20H2,1-2H3,(H,36,42)(H,35,37,39). The molecule has 2 aromatic carbocycles. The molecule has 10 heteroatoms. The maximum atomic E-state index is 15.5. The second-order valence-electron chi connectivity index (χ2n) is 10.4. The zero-order valence-electron chi connectivity index (χ0n) is 23.8. The number of hydrogen-bond donors (Lipinski definition) is 2. The SMILES string of the molecule is CN(C)CCc1ccc(Nc2ncc(F)c(-c3c(-c4cccc(NC(=O)Cc5cccs5)c4)nc4ccccn34)n2)cc1. The molecule has 0 radical (unpaired) electrons. The van der Waals surface area contributed by atoms with Crippen molar-refractivity contribution < 1.29 is 9.18 Å². The molecule has 0 aliphatic rings. The first-order chi connectivity index (χ1) is 20.9. The lowest BCUT2D eigenvalue weighted by Crippen LogP contribution is -2.14. The molecule has 6 aromatic rings. The number of thiophene rings is 1. The van der Waals surface area contributed by atoms with Crippen molar-refractivity contribution in [3.63, 3.8) is 0 Å². The zero-order chi connectivity index (χ0) is 29.8. The molecule has 0 spiro atoms. The fraction of sp³-hybridized carbons (Fsp3) is 0.152. The van der Waals surface area contributed by atoms with Crippen LogP contribution in [0.3, 0.4) is 0 Å². The van der Waals surface area contributed by atoms with Crippen LogP contribution < -0.4 is 10.6 Å². The molecule has 0 saturated carbocycles. The third-order valence-electron chi connectivity index (χ3n) is 6.89. The van der Waals surface area contributed by atoms with Gasteiger partial charge in [-0.1, -0.05) is 36.4 Å². The highest BCUT2D eigenvalue weighted by molar-refractivity contribution is 7.10. The van der Waals surface area contributed by atoms with Crippen LogP contribution in [0.15, 0.2) is 96.6 Å². The normalized spacial score (nSPS) is 11.3. The van der Waals surface area contributed by atoms with E-state index in [-0.39, 0.29) is 17.5 Å². The maximum absolute atomic E-state index is 15.5. The van der Waals surface area contributed by atoms with E-state index in [1.165, 1.54) is 11.8 Å². The van der Waals surface area contributed by atoms with Crippen LogP contribution >= 0.6 is 11.3 Å². The Morgan fingerprint density at radius 3 is 2.60 bits per heavy atom. The van der Waals surface area contributed by atoms with E-state index in [1.54, 1.807) is 11.3 Å². The molecule has 43 heavy (non-hydrogen) atoms. The number of anilines is 3. The summed E-state index contributed by atoms with van der Waals surface area (Å²) in [5.41, 5.74) is 5.14. The van der Waals surface area contributed by atoms with Crippen LogP contribution in [0.1, 0.15) is 10.4 Å². The lowest BCUT2D eigenvalue weighted by atomic mass is 10.1. The summed E-state index contributed by atoms with van der Waals surface area (Å²) in [6.07, 6.45) is 4.24. The van der Waals surface area contributed by atoms with Gasteiger partial charge in [-0.2, -0.15) is 0 Å². The van der Waals surface area contributed by atoms with E-state index in [2.05, 4.69) is 51.7 Å². The fourth-order valence-corrected chi connectivity index (χ4v) is 5.48. The molecule has 0 aliphatic heterocycles. The number of benzene rings is 2. The Balaban J connectivity index is 1.32. The van der Waals surface area contributed by atoms with Crippen molar-refractivity contribution in [2.75, 3.05) is 31.3 Å². The van der Waals surface area contributed by atoms with Gasteiger partial charge in [-0.3, -0.25) is 9.20 Å². The van der Waals surface area contributed by atoms with Crippen LogP contribution in [0.2, 0.25) is 0 Å². The molecular formula is C33H30FN7OS. The molecule has 4 aromatic heterocycles. The molecule has 0 saturated heterocycles. The summed E-state index contributed by atoms with van der Waals surface area (Å²) < 4.78 is 17.3. The third-order valence-corrected chi connectivity index (χ3v) is 7.77. The summed E-state index contributed by atoms with van der Waals surface area (Å²) in [5.74, 6) is -0.418. The van der Waals surface area contributed by atoms with Gasteiger partial charge < -0.3 is 15.5 Å². The second kappa shape index (κ2) is 12.5. The number of nitrogens with zero attached hydrogens (tertiary/aromatic N) is 5. The minimum absolute atomic E-state index is 0.112. The second-order valence-corrected chi connectivity index (χ2v) is 11.4. The van der Waals surface area contributed by atoms with Crippen LogP contribution in [0.4, 0.5) is 21.7 Å². The lowest BCUT2D eigenvalue weighted by Gasteiger charge is -2.11. The average Bonchev–Trinajstić information content (AvgIpc) is 3.66. The number of carbonyl (C=O) groups is 1. The molecular weight excluding hydrogens is 561 g/mol. The zero-order valence-corrected chi connectivity index (χ0v) is 24.6. The first-order valence-electron chi connectivity index (χ1n) is 13.9. The Hall–Kier alpha value is -4.93. The Labute approximate surface area is 252 Å². The van der Waals surface area contributed by atoms with Crippen molar-refractivity contribution in [1.29, 1.82) is 0 Å². The quantitative estimate of drug-likeness (QED) is 0.185. The van der Waals surface area contributed by atoms with Crippen LogP contribution in [0.25, 0.3) is 28.3 Å². The highest BCUT2D eigenvalue weighted by Crippen LogP contribution is 2.34. The van der Waals surface area contributed by atoms with E-state index in [9.17, 15) is 4.79 Å². The summed E-state index contributed by atoms with van der Waals surface area (Å²) in [6.45, 7) is 0.962. The number of hydrogen-bond acceptors (Lipinski definition) is 7. The van der Waals surface area contributed by atoms with E-state index >= 15 is 4.39 Å². The highest BCUT2D eigenvalue weighted by Gasteiger charge is 2.22. The summed E-state index contributed by atoms with van der Waals surface area (Å²) >= 11 is 1.54. The highest BCUT2D eigenvalue weighted by atomic mass is 32.1. The van der Waals surface area contributed by atoms with E-state index < -0.39 is 5.82 Å². The summed E-state index contributed by atoms with van der Waals surface area (Å²) in [7, 11) is 4.10. The van der Waals surface area contributed by atoms with Crippen molar-refractivity contribution in [3.05, 3.63) is 113 Å². The number of carbonyl (C=O) groups excluding carboxylic acids is 1. The number of nitrogens with one attached hydrogen (secondary N) is 2. The van der Waals surface area contributed by atoms with Crippen LogP contribution in [-0.2, 0) is 17.6 Å². The number of fused-ring (bicyclic) bond motifs is 1. The molecule has 216 valence electrons. The number of imidazole rings is 1. The monoisotopic (exact) mass is 591 g/mol. The van der Waals surface area contributed by atoms with Crippen LogP contribution in [0, 0.1) is 5.82 Å². The molecule has 4 heterocycles. The van der Waals surface area contributed by atoms with Crippen molar-refractivity contribution >= 4 is 40.2 Å². The predicted octanol–water partition coefficient (Wildman–Crippen LogP) is 6.69. The minimum Gasteiger partial charge on any atom is -0.326 e. The molecule has 0 unspecified atom stereocenters. The number of amides is 1. The maximum Gasteiger partial charge on any atom is 0.229 e. The molecule has 0 atom stereocenters. The van der Waals surface area contributed by atoms with Gasteiger partial charge >= 0.3 is 0 Å². The number of aromatic nitrogens is 4. The minimum atomic E-state index is -0.572. The van der Waals surface area contributed by atoms with Gasteiger partial charge in [-0.15, -0.1) is 11.3 Å². The first-order valence-corrected chi connectivity index (χ1v) is 14.7. The number of likely N-dealkylation sites (N-methyl/N-ethyl adjacent to an activating group) is 1. The van der Waals surface area contributed by atoms with Crippen molar-refractivity contribution in [2.45, 2.75) is 12.8 Å². The third kappa shape index (κ3) is 6.61. The number of pyridine rings is 1. The first kappa shape index (κ1) is 28.2. The molecule has 6 rings (SSSR count). The van der Waals surface area contributed by atoms with Crippen molar-refractivity contribution in [3.8, 4) is 22.6 Å². The molecule has 2 N–H and O–H groups in total. The summed E-state index contributed by atoms with van der Waals surface area (Å²) in [4.78, 5) is 29.4. The topological polar surface area (TPSA) is 87.5 Å². The van der Waals surface area contributed by atoms with E-state index in [1.807, 2.05) is 82.7 Å². The van der Waals surface area contributed by atoms with Gasteiger partial charge in [0.25, 0.3) is 0 Å². The molecule has 8 nitrogen and oxygen atoms in total. The Morgan fingerprint density at radius 1 is 0.953 bits per heavy atom. The van der Waals surface area contributed by atoms with Gasteiger partial charge in [0.1, 0.15) is 17.0 Å². The number of halogens is 1. The largest absolute Gasteiger partial charge is 0.326 e. The van der Waals surface area contributed by atoms with Gasteiger partial charge in [0, 0.05) is 34.6 Å². The van der Waals surface area contributed by atoms with E-state index in [4.69, 9.17) is 4.98 Å². The Morgan fingerprint density at radius 2 is 1.81 bits per heavy atom. The Bertz CT molecular complexity index is 1870. The Kier molecular flexibility index (Phi) is 8.21. The lowest BCUT2D eigenvalue weighted by molar-refractivity contribution is -0.115.